The summed E-state index contributed by atoms with van der Waals surface area (Å²) in [6, 6.07) is 15.4. The molecule has 0 spiro atoms. The summed E-state index contributed by atoms with van der Waals surface area (Å²) in [6.07, 6.45) is 0.367. The first-order valence-electron chi connectivity index (χ1n) is 14.4. The number of ketones is 1. The van der Waals surface area contributed by atoms with E-state index in [0.29, 0.717) is 34.7 Å². The molecule has 0 saturated heterocycles. The molecule has 2 aromatic carbocycles. The number of dihydropyridines is 1. The number of anilines is 1. The van der Waals surface area contributed by atoms with E-state index in [1.807, 2.05) is 55.5 Å². The molecule has 0 radical (unpaired) electrons. The van der Waals surface area contributed by atoms with E-state index >= 15 is 0 Å². The van der Waals surface area contributed by atoms with Crippen LogP contribution in [0.1, 0.15) is 64.0 Å². The highest BCUT2D eigenvalue weighted by Gasteiger charge is 2.49. The van der Waals surface area contributed by atoms with Crippen LogP contribution in [-0.2, 0) is 23.9 Å². The van der Waals surface area contributed by atoms with Gasteiger partial charge in [-0.05, 0) is 70.4 Å². The minimum atomic E-state index is -1.09. The Bertz CT molecular complexity index is 1360. The fourth-order valence-corrected chi connectivity index (χ4v) is 6.08. The Hall–Kier alpha value is -4.07. The molecule has 0 bridgehead atoms. The number of rotatable bonds is 10. The number of hydrogen-bond acceptors (Lipinski definition) is 8. The zero-order valence-electron chi connectivity index (χ0n) is 24.8. The SMILES string of the molecule is CCOC(=O)C1=C(C)NC2=C(C(=O)[C@H](C(=O)OCC)[C@H](c3ccccc3OC)C2)[C@@H]1c1ccc(N(CC)CC)cc1. The largest absolute Gasteiger partial charge is 0.496 e. The van der Waals surface area contributed by atoms with Crippen molar-refractivity contribution < 1.29 is 28.6 Å². The minimum Gasteiger partial charge on any atom is -0.496 e. The number of hydrogen-bond donors (Lipinski definition) is 1. The fourth-order valence-electron chi connectivity index (χ4n) is 6.08. The summed E-state index contributed by atoms with van der Waals surface area (Å²) in [7, 11) is 1.57. The van der Waals surface area contributed by atoms with E-state index < -0.39 is 29.7 Å². The van der Waals surface area contributed by atoms with Gasteiger partial charge in [-0.15, -0.1) is 0 Å². The summed E-state index contributed by atoms with van der Waals surface area (Å²) >= 11 is 0. The van der Waals surface area contributed by atoms with Crippen molar-refractivity contribution in [3.63, 3.8) is 0 Å². The third-order valence-electron chi connectivity index (χ3n) is 7.95. The molecule has 1 aliphatic heterocycles. The second-order valence-electron chi connectivity index (χ2n) is 10.1. The monoisotopic (exact) mass is 560 g/mol. The Labute approximate surface area is 242 Å². The maximum atomic E-state index is 14.5. The van der Waals surface area contributed by atoms with Crippen LogP contribution in [0.5, 0.6) is 5.75 Å². The Kier molecular flexibility index (Phi) is 9.53. The zero-order valence-corrected chi connectivity index (χ0v) is 24.8. The lowest BCUT2D eigenvalue weighted by Gasteiger charge is -2.39. The number of methoxy groups -OCH3 is 1. The van der Waals surface area contributed by atoms with Gasteiger partial charge in [0.15, 0.2) is 5.78 Å². The molecule has 1 heterocycles. The van der Waals surface area contributed by atoms with E-state index in [1.165, 1.54) is 0 Å². The van der Waals surface area contributed by atoms with Crippen LogP contribution in [0.2, 0.25) is 0 Å². The third-order valence-corrected chi connectivity index (χ3v) is 7.95. The number of nitrogens with zero attached hydrogens (tertiary/aromatic N) is 1. The summed E-state index contributed by atoms with van der Waals surface area (Å²) in [5.74, 6) is -3.13. The molecule has 8 nitrogen and oxygen atoms in total. The summed E-state index contributed by atoms with van der Waals surface area (Å²) in [4.78, 5) is 43.5. The molecule has 0 saturated carbocycles. The Balaban J connectivity index is 1.90. The fraction of sp³-hybridized carbons (Fsp3) is 0.424. The maximum Gasteiger partial charge on any atom is 0.336 e. The summed E-state index contributed by atoms with van der Waals surface area (Å²) in [5, 5.41) is 3.35. The zero-order chi connectivity index (χ0) is 29.7. The topological polar surface area (TPSA) is 94.2 Å². The molecule has 1 N–H and O–H groups in total. The molecule has 0 unspecified atom stereocenters. The highest BCUT2D eigenvalue weighted by atomic mass is 16.5. The minimum absolute atomic E-state index is 0.148. The first kappa shape index (κ1) is 29.9. The van der Waals surface area contributed by atoms with Crippen molar-refractivity contribution in [1.82, 2.24) is 5.32 Å². The van der Waals surface area contributed by atoms with Gasteiger partial charge in [0.2, 0.25) is 0 Å². The number of esters is 2. The highest BCUT2D eigenvalue weighted by molar-refractivity contribution is 6.13. The number of allylic oxidation sites excluding steroid dienone is 3. The van der Waals surface area contributed by atoms with Crippen molar-refractivity contribution in [3.8, 4) is 5.75 Å². The van der Waals surface area contributed by atoms with Gasteiger partial charge in [0.25, 0.3) is 0 Å². The van der Waals surface area contributed by atoms with Crippen molar-refractivity contribution in [2.75, 3.05) is 38.3 Å². The van der Waals surface area contributed by atoms with E-state index in [1.54, 1.807) is 21.0 Å². The maximum absolute atomic E-state index is 14.5. The van der Waals surface area contributed by atoms with Crippen molar-refractivity contribution in [2.24, 2.45) is 5.92 Å². The van der Waals surface area contributed by atoms with E-state index in [4.69, 9.17) is 14.2 Å². The van der Waals surface area contributed by atoms with Crippen molar-refractivity contribution in [1.29, 1.82) is 0 Å². The lowest BCUT2D eigenvalue weighted by molar-refractivity contribution is -0.152. The Morgan fingerprint density at radius 3 is 2.22 bits per heavy atom. The van der Waals surface area contributed by atoms with E-state index in [2.05, 4.69) is 24.1 Å². The van der Waals surface area contributed by atoms with Crippen molar-refractivity contribution in [3.05, 3.63) is 82.2 Å². The van der Waals surface area contributed by atoms with Crippen LogP contribution in [0.15, 0.2) is 71.1 Å². The predicted octanol–water partition coefficient (Wildman–Crippen LogP) is 5.26. The van der Waals surface area contributed by atoms with Crippen LogP contribution < -0.4 is 15.0 Å². The van der Waals surface area contributed by atoms with Gasteiger partial charge in [-0.1, -0.05) is 30.3 Å². The molecular weight excluding hydrogens is 520 g/mol. The molecule has 2 aliphatic rings. The molecule has 8 heteroatoms. The smallest absolute Gasteiger partial charge is 0.336 e. The van der Waals surface area contributed by atoms with Gasteiger partial charge >= 0.3 is 11.9 Å². The number of carbonyl (C=O) groups excluding carboxylic acids is 3. The number of para-hydroxylation sites is 1. The van der Waals surface area contributed by atoms with Crippen LogP contribution >= 0.6 is 0 Å². The number of Topliss-reactive ketones (excluding diaryl/α,β-unsaturated/α-hetero) is 1. The molecule has 1 aliphatic carbocycles. The van der Waals surface area contributed by atoms with Gasteiger partial charge in [-0.3, -0.25) is 9.59 Å². The second kappa shape index (κ2) is 13.1. The van der Waals surface area contributed by atoms with E-state index in [9.17, 15) is 14.4 Å². The standard InChI is InChI=1S/C33H40N2O6/c1-7-35(8-2)22-17-15-21(16-18-22)28-27(32(37)40-9-3)20(5)34-25-19-24(23-13-11-12-14-26(23)39-6)29(31(36)30(25)28)33(38)41-10-4/h11-18,24,28-29,34H,7-10,19H2,1-6H3/t24-,28+,29+/m0/s1. The number of benzene rings is 2. The van der Waals surface area contributed by atoms with Crippen LogP contribution in [-0.4, -0.2) is 51.1 Å². The quantitative estimate of drug-likeness (QED) is 0.311. The van der Waals surface area contributed by atoms with Crippen LogP contribution in [0.4, 0.5) is 5.69 Å². The van der Waals surface area contributed by atoms with Gasteiger partial charge in [-0.2, -0.15) is 0 Å². The third kappa shape index (κ3) is 5.73. The lowest BCUT2D eigenvalue weighted by atomic mass is 9.67. The Morgan fingerprint density at radius 2 is 1.61 bits per heavy atom. The van der Waals surface area contributed by atoms with E-state index in [-0.39, 0.29) is 19.0 Å². The van der Waals surface area contributed by atoms with Gasteiger partial charge in [0.1, 0.15) is 11.7 Å². The summed E-state index contributed by atoms with van der Waals surface area (Å²) in [5.41, 5.74) is 4.68. The summed E-state index contributed by atoms with van der Waals surface area (Å²) < 4.78 is 16.5. The normalized spacial score (nSPS) is 20.2. The number of nitrogens with one attached hydrogen (secondary N) is 1. The molecule has 0 amide bonds. The molecule has 2 aromatic rings. The van der Waals surface area contributed by atoms with Crippen molar-refractivity contribution in [2.45, 2.75) is 52.9 Å². The van der Waals surface area contributed by atoms with Crippen LogP contribution in [0, 0.1) is 5.92 Å². The number of ether oxygens (including phenoxy) is 3. The van der Waals surface area contributed by atoms with E-state index in [0.717, 1.165) is 29.9 Å². The molecule has 4 rings (SSSR count). The number of carbonyl (C=O) groups is 3. The average molecular weight is 561 g/mol. The highest BCUT2D eigenvalue weighted by Crippen LogP contribution is 2.49. The first-order valence-corrected chi connectivity index (χ1v) is 14.4. The Morgan fingerprint density at radius 1 is 0.951 bits per heavy atom. The van der Waals surface area contributed by atoms with Gasteiger partial charge in [0, 0.05) is 47.6 Å². The average Bonchev–Trinajstić information content (AvgIpc) is 2.97. The molecule has 218 valence electrons. The summed E-state index contributed by atoms with van der Waals surface area (Å²) in [6.45, 7) is 11.6. The molecule has 41 heavy (non-hydrogen) atoms. The second-order valence-corrected chi connectivity index (χ2v) is 10.1. The molecule has 3 atom stereocenters. The molecule has 0 aromatic heterocycles. The molecular formula is C33H40N2O6. The van der Waals surface area contributed by atoms with Crippen LogP contribution in [0.3, 0.4) is 0 Å². The predicted molar refractivity (Wildman–Crippen MR) is 158 cm³/mol. The van der Waals surface area contributed by atoms with Gasteiger partial charge in [0.05, 0.1) is 25.9 Å². The van der Waals surface area contributed by atoms with Gasteiger partial charge in [-0.25, -0.2) is 4.79 Å². The van der Waals surface area contributed by atoms with Crippen molar-refractivity contribution >= 4 is 23.4 Å². The first-order chi connectivity index (χ1) is 19.8. The van der Waals surface area contributed by atoms with Crippen LogP contribution in [0.25, 0.3) is 0 Å². The molecule has 0 fully saturated rings. The lowest BCUT2D eigenvalue weighted by Crippen LogP contribution is -2.43. The van der Waals surface area contributed by atoms with Gasteiger partial charge < -0.3 is 24.4 Å².